The lowest BCUT2D eigenvalue weighted by atomic mass is 10.1. The summed E-state index contributed by atoms with van der Waals surface area (Å²) in [5, 5.41) is 10.6. The number of aromatic nitrogens is 2. The Hall–Kier alpha value is -2.34. The third-order valence-electron chi connectivity index (χ3n) is 5.14. The molecule has 4 rings (SSSR count). The summed E-state index contributed by atoms with van der Waals surface area (Å²) in [4.78, 5) is 15.3. The van der Waals surface area contributed by atoms with Crippen LogP contribution in [0.25, 0.3) is 11.3 Å². The van der Waals surface area contributed by atoms with E-state index >= 15 is 0 Å². The molecule has 6 heteroatoms. The number of rotatable bonds is 3. The monoisotopic (exact) mass is 326 g/mol. The number of carbonyl (C=O) groups excluding carboxylic acids is 1. The summed E-state index contributed by atoms with van der Waals surface area (Å²) in [6.45, 7) is 1.87. The average Bonchev–Trinajstić information content (AvgIpc) is 3.18. The zero-order valence-electron chi connectivity index (χ0n) is 13.8. The number of ether oxygens (including phenoxy) is 1. The third kappa shape index (κ3) is 2.57. The minimum atomic E-state index is 0.0887. The van der Waals surface area contributed by atoms with Gasteiger partial charge in [-0.05, 0) is 50.1 Å². The van der Waals surface area contributed by atoms with Crippen LogP contribution in [0.5, 0.6) is 5.75 Å². The molecule has 2 atom stereocenters. The number of methoxy groups -OCH3 is 1. The molecule has 0 aliphatic carbocycles. The van der Waals surface area contributed by atoms with Gasteiger partial charge in [0.15, 0.2) is 0 Å². The molecule has 2 unspecified atom stereocenters. The van der Waals surface area contributed by atoms with Crippen LogP contribution in [0.4, 0.5) is 0 Å². The van der Waals surface area contributed by atoms with Gasteiger partial charge >= 0.3 is 0 Å². The second-order valence-corrected chi connectivity index (χ2v) is 6.48. The van der Waals surface area contributed by atoms with Crippen LogP contribution in [-0.4, -0.2) is 53.3 Å². The van der Waals surface area contributed by atoms with E-state index in [-0.39, 0.29) is 5.91 Å². The summed E-state index contributed by atoms with van der Waals surface area (Å²) in [6.07, 6.45) is 4.87. The van der Waals surface area contributed by atoms with Gasteiger partial charge in [-0.25, -0.2) is 0 Å². The molecule has 24 heavy (non-hydrogen) atoms. The molecule has 2 bridgehead atoms. The maximum absolute atomic E-state index is 13.2. The number of hydrogen-bond donors (Lipinski definition) is 2. The summed E-state index contributed by atoms with van der Waals surface area (Å²) in [5.41, 5.74) is 2.37. The maximum Gasteiger partial charge on any atom is 0.258 e. The van der Waals surface area contributed by atoms with E-state index in [2.05, 4.69) is 20.4 Å². The van der Waals surface area contributed by atoms with E-state index in [0.29, 0.717) is 17.6 Å². The quantitative estimate of drug-likeness (QED) is 0.906. The lowest BCUT2D eigenvalue weighted by molar-refractivity contribution is 0.0681. The van der Waals surface area contributed by atoms with Crippen LogP contribution in [0.15, 0.2) is 30.5 Å². The predicted molar refractivity (Wildman–Crippen MR) is 91.0 cm³/mol. The summed E-state index contributed by atoms with van der Waals surface area (Å²) in [6, 6.07) is 8.32. The highest BCUT2D eigenvalue weighted by molar-refractivity contribution is 6.00. The number of nitrogens with one attached hydrogen (secondary N) is 2. The largest absolute Gasteiger partial charge is 0.497 e. The van der Waals surface area contributed by atoms with Crippen molar-refractivity contribution in [2.24, 2.45) is 0 Å². The van der Waals surface area contributed by atoms with Gasteiger partial charge in [-0.2, -0.15) is 5.10 Å². The highest BCUT2D eigenvalue weighted by Crippen LogP contribution is 2.32. The fourth-order valence-electron chi connectivity index (χ4n) is 3.88. The summed E-state index contributed by atoms with van der Waals surface area (Å²) in [5.74, 6) is 0.883. The molecule has 2 aliphatic rings. The molecule has 1 amide bonds. The van der Waals surface area contributed by atoms with Crippen molar-refractivity contribution in [1.82, 2.24) is 20.4 Å². The van der Waals surface area contributed by atoms with Gasteiger partial charge in [-0.3, -0.25) is 9.89 Å². The molecule has 2 fully saturated rings. The van der Waals surface area contributed by atoms with Crippen molar-refractivity contribution in [3.8, 4) is 17.0 Å². The van der Waals surface area contributed by atoms with Crippen LogP contribution < -0.4 is 10.1 Å². The molecule has 0 saturated carbocycles. The van der Waals surface area contributed by atoms with Crippen molar-refractivity contribution in [1.29, 1.82) is 0 Å². The molecule has 2 saturated heterocycles. The average molecular weight is 326 g/mol. The SMILES string of the molecule is COc1ccc(-c2[nH]ncc2C(=O)N2C3CCNCC2CC3)cc1. The van der Waals surface area contributed by atoms with E-state index in [9.17, 15) is 4.79 Å². The summed E-state index contributed by atoms with van der Waals surface area (Å²) < 4.78 is 5.20. The van der Waals surface area contributed by atoms with Crippen LogP contribution >= 0.6 is 0 Å². The first-order valence-electron chi connectivity index (χ1n) is 8.49. The lowest BCUT2D eigenvalue weighted by Gasteiger charge is -2.27. The minimum Gasteiger partial charge on any atom is -0.497 e. The van der Waals surface area contributed by atoms with Crippen LogP contribution in [0.1, 0.15) is 29.6 Å². The van der Waals surface area contributed by atoms with Crippen LogP contribution in [0, 0.1) is 0 Å². The first kappa shape index (κ1) is 15.2. The second kappa shape index (κ2) is 6.28. The second-order valence-electron chi connectivity index (χ2n) is 6.48. The molecule has 2 aromatic rings. The number of amides is 1. The Balaban J connectivity index is 1.65. The molecule has 1 aromatic carbocycles. The highest BCUT2D eigenvalue weighted by atomic mass is 16.5. The van der Waals surface area contributed by atoms with Gasteiger partial charge < -0.3 is 15.0 Å². The number of carbonyl (C=O) groups is 1. The topological polar surface area (TPSA) is 70.2 Å². The molecule has 2 aliphatic heterocycles. The lowest BCUT2D eigenvalue weighted by Crippen LogP contribution is -2.42. The normalized spacial score (nSPS) is 23.1. The summed E-state index contributed by atoms with van der Waals surface area (Å²) >= 11 is 0. The van der Waals surface area contributed by atoms with Crippen molar-refractivity contribution in [2.45, 2.75) is 31.3 Å². The van der Waals surface area contributed by atoms with Gasteiger partial charge in [0.2, 0.25) is 0 Å². The minimum absolute atomic E-state index is 0.0887. The van der Waals surface area contributed by atoms with Crippen molar-refractivity contribution in [3.63, 3.8) is 0 Å². The van der Waals surface area contributed by atoms with Gasteiger partial charge in [0, 0.05) is 24.2 Å². The van der Waals surface area contributed by atoms with Gasteiger partial charge in [0.1, 0.15) is 5.75 Å². The number of aromatic amines is 1. The van der Waals surface area contributed by atoms with Gasteiger partial charge in [-0.15, -0.1) is 0 Å². The Kier molecular flexibility index (Phi) is 3.98. The molecule has 2 N–H and O–H groups in total. The molecular weight excluding hydrogens is 304 g/mol. The van der Waals surface area contributed by atoms with E-state index in [0.717, 1.165) is 49.4 Å². The Morgan fingerprint density at radius 3 is 2.79 bits per heavy atom. The van der Waals surface area contributed by atoms with Crippen LogP contribution in [-0.2, 0) is 0 Å². The Morgan fingerprint density at radius 2 is 2.00 bits per heavy atom. The molecule has 3 heterocycles. The fraction of sp³-hybridized carbons (Fsp3) is 0.444. The zero-order valence-corrected chi connectivity index (χ0v) is 13.8. The Labute approximate surface area is 141 Å². The van der Waals surface area contributed by atoms with E-state index in [4.69, 9.17) is 4.74 Å². The van der Waals surface area contributed by atoms with Crippen molar-refractivity contribution in [3.05, 3.63) is 36.0 Å². The van der Waals surface area contributed by atoms with Crippen molar-refractivity contribution >= 4 is 5.91 Å². The molecule has 126 valence electrons. The van der Waals surface area contributed by atoms with E-state index in [1.165, 1.54) is 0 Å². The third-order valence-corrected chi connectivity index (χ3v) is 5.14. The number of fused-ring (bicyclic) bond motifs is 2. The van der Waals surface area contributed by atoms with Crippen LogP contribution in [0.2, 0.25) is 0 Å². The maximum atomic E-state index is 13.2. The van der Waals surface area contributed by atoms with E-state index < -0.39 is 0 Å². The van der Waals surface area contributed by atoms with E-state index in [1.54, 1.807) is 13.3 Å². The van der Waals surface area contributed by atoms with Crippen molar-refractivity contribution in [2.75, 3.05) is 20.2 Å². The van der Waals surface area contributed by atoms with Gasteiger partial charge in [-0.1, -0.05) is 0 Å². The molecule has 6 nitrogen and oxygen atoms in total. The number of benzene rings is 1. The van der Waals surface area contributed by atoms with Crippen molar-refractivity contribution < 1.29 is 9.53 Å². The Morgan fingerprint density at radius 1 is 1.21 bits per heavy atom. The van der Waals surface area contributed by atoms with Crippen LogP contribution in [0.3, 0.4) is 0 Å². The summed E-state index contributed by atoms with van der Waals surface area (Å²) in [7, 11) is 1.64. The van der Waals surface area contributed by atoms with Gasteiger partial charge in [0.05, 0.1) is 24.6 Å². The predicted octanol–water partition coefficient (Wildman–Crippen LogP) is 2.05. The zero-order chi connectivity index (χ0) is 16.5. The van der Waals surface area contributed by atoms with Gasteiger partial charge in [0.25, 0.3) is 5.91 Å². The number of H-pyrrole nitrogens is 1. The standard InChI is InChI=1S/C18H22N4O2/c1-24-15-6-2-12(3-7-15)17-16(11-20-21-17)18(23)22-13-4-5-14(22)10-19-9-8-13/h2-3,6-7,11,13-14,19H,4-5,8-10H2,1H3,(H,20,21). The first-order valence-corrected chi connectivity index (χ1v) is 8.49. The molecule has 0 spiro atoms. The van der Waals surface area contributed by atoms with E-state index in [1.807, 2.05) is 24.3 Å². The smallest absolute Gasteiger partial charge is 0.258 e. The highest BCUT2D eigenvalue weighted by Gasteiger charge is 2.39. The molecular formula is C18H22N4O2. The molecule has 0 radical (unpaired) electrons. The number of hydrogen-bond acceptors (Lipinski definition) is 4. The molecule has 1 aromatic heterocycles. The first-order chi connectivity index (χ1) is 11.8. The number of nitrogens with zero attached hydrogens (tertiary/aromatic N) is 2. The fourth-order valence-corrected chi connectivity index (χ4v) is 3.88. The Bertz CT molecular complexity index is 711.